The smallest absolute Gasteiger partial charge is 0.303 e. The molecule has 0 unspecified atom stereocenters. The average molecular weight is 447 g/mol. The Morgan fingerprint density at radius 1 is 0.967 bits per heavy atom. The van der Waals surface area contributed by atoms with Crippen LogP contribution in [-0.2, 0) is 16.2 Å². The van der Waals surface area contributed by atoms with E-state index in [2.05, 4.69) is 4.90 Å². The fourth-order valence-corrected chi connectivity index (χ4v) is 5.88. The molecule has 0 aromatic heterocycles. The molecule has 0 amide bonds. The third kappa shape index (κ3) is 6.20. The maximum atomic E-state index is 12.7. The fraction of sp³-hybridized carbons (Fsp3) is 0.727. The molecule has 1 heterocycles. The molecule has 1 aromatic rings. The molecule has 1 aliphatic carbocycles. The summed E-state index contributed by atoms with van der Waals surface area (Å²) in [6.07, 6.45) is 4.98. The molecule has 1 aromatic carbocycles. The lowest BCUT2D eigenvalue weighted by Gasteiger charge is -2.34. The second-order valence-electron chi connectivity index (χ2n) is 8.89. The number of nitrogens with zero attached hydrogens (tertiary/aromatic N) is 2. The highest BCUT2D eigenvalue weighted by atomic mass is 32.2. The van der Waals surface area contributed by atoms with Crippen molar-refractivity contribution in [3.05, 3.63) is 29.8 Å². The molecular weight excluding hydrogens is 413 g/mol. The van der Waals surface area contributed by atoms with E-state index in [1.54, 1.807) is 0 Å². The first-order valence-corrected chi connectivity index (χ1v) is 12.5. The van der Waals surface area contributed by atoms with Crippen LogP contribution in [0.4, 0.5) is 13.2 Å². The molecule has 3 rings (SSSR count). The number of benzene rings is 1. The van der Waals surface area contributed by atoms with Gasteiger partial charge in [-0.1, -0.05) is 19.3 Å². The van der Waals surface area contributed by atoms with E-state index in [1.165, 1.54) is 63.1 Å². The minimum Gasteiger partial charge on any atom is -0.303 e. The van der Waals surface area contributed by atoms with Crippen molar-refractivity contribution in [2.45, 2.75) is 62.4 Å². The molecule has 0 bridgehead atoms. The summed E-state index contributed by atoms with van der Waals surface area (Å²) in [7, 11) is -2.26. The predicted molar refractivity (Wildman–Crippen MR) is 112 cm³/mol. The van der Waals surface area contributed by atoms with Crippen LogP contribution in [0.1, 0.15) is 56.9 Å². The van der Waals surface area contributed by atoms with Gasteiger partial charge in [0.05, 0.1) is 10.5 Å². The molecule has 2 aliphatic rings. The number of hydrogen-bond acceptors (Lipinski definition) is 3. The minimum absolute atomic E-state index is 0.0942. The topological polar surface area (TPSA) is 40.6 Å². The Balaban J connectivity index is 1.45. The normalized spacial score (nSPS) is 24.3. The molecule has 30 heavy (non-hydrogen) atoms. The maximum absolute atomic E-state index is 12.7. The van der Waals surface area contributed by atoms with Gasteiger partial charge in [0, 0.05) is 20.1 Å². The zero-order chi connectivity index (χ0) is 21.8. The summed E-state index contributed by atoms with van der Waals surface area (Å²) in [4.78, 5) is 2.50. The van der Waals surface area contributed by atoms with Gasteiger partial charge >= 0.3 is 6.18 Å². The molecule has 1 saturated carbocycles. The van der Waals surface area contributed by atoms with E-state index in [9.17, 15) is 21.6 Å². The highest BCUT2D eigenvalue weighted by molar-refractivity contribution is 7.89. The van der Waals surface area contributed by atoms with Crippen LogP contribution < -0.4 is 0 Å². The second kappa shape index (κ2) is 10.0. The van der Waals surface area contributed by atoms with Crippen LogP contribution in [-0.4, -0.2) is 50.8 Å². The van der Waals surface area contributed by atoms with Crippen LogP contribution >= 0.6 is 0 Å². The quantitative estimate of drug-likeness (QED) is 0.591. The van der Waals surface area contributed by atoms with Crippen molar-refractivity contribution in [2.24, 2.45) is 11.8 Å². The largest absolute Gasteiger partial charge is 0.416 e. The van der Waals surface area contributed by atoms with Gasteiger partial charge in [0.1, 0.15) is 0 Å². The summed E-state index contributed by atoms with van der Waals surface area (Å²) < 4.78 is 64.7. The van der Waals surface area contributed by atoms with Crippen molar-refractivity contribution in [3.63, 3.8) is 0 Å². The molecule has 0 spiro atoms. The molecule has 8 heteroatoms. The van der Waals surface area contributed by atoms with Crippen molar-refractivity contribution in [1.82, 2.24) is 9.21 Å². The van der Waals surface area contributed by atoms with E-state index in [0.29, 0.717) is 12.5 Å². The fourth-order valence-electron chi connectivity index (χ4n) is 4.69. The second-order valence-corrected chi connectivity index (χ2v) is 10.9. The van der Waals surface area contributed by atoms with Gasteiger partial charge < -0.3 is 4.90 Å². The van der Waals surface area contributed by atoms with Crippen LogP contribution in [0.25, 0.3) is 0 Å². The first kappa shape index (κ1) is 23.5. The lowest BCUT2D eigenvalue weighted by Crippen LogP contribution is -2.35. The van der Waals surface area contributed by atoms with Crippen LogP contribution in [0.5, 0.6) is 0 Å². The van der Waals surface area contributed by atoms with Crippen molar-refractivity contribution >= 4 is 10.0 Å². The van der Waals surface area contributed by atoms with Crippen molar-refractivity contribution in [3.8, 4) is 0 Å². The van der Waals surface area contributed by atoms with Crippen molar-refractivity contribution in [1.29, 1.82) is 0 Å². The number of alkyl halides is 3. The molecule has 0 N–H and O–H groups in total. The first-order valence-electron chi connectivity index (χ1n) is 11.0. The van der Waals surface area contributed by atoms with Gasteiger partial charge in [0.15, 0.2) is 0 Å². The Kier molecular flexibility index (Phi) is 7.85. The van der Waals surface area contributed by atoms with E-state index in [-0.39, 0.29) is 4.90 Å². The van der Waals surface area contributed by atoms with E-state index >= 15 is 0 Å². The van der Waals surface area contributed by atoms with E-state index in [0.717, 1.165) is 49.4 Å². The van der Waals surface area contributed by atoms with Crippen molar-refractivity contribution < 1.29 is 21.6 Å². The van der Waals surface area contributed by atoms with Gasteiger partial charge in [-0.2, -0.15) is 13.2 Å². The van der Waals surface area contributed by atoms with Crippen LogP contribution in [0.3, 0.4) is 0 Å². The summed E-state index contributed by atoms with van der Waals surface area (Å²) in [6.45, 7) is 4.05. The van der Waals surface area contributed by atoms with E-state index in [4.69, 9.17) is 0 Å². The summed E-state index contributed by atoms with van der Waals surface area (Å²) in [5.41, 5.74) is -0.842. The lowest BCUT2D eigenvalue weighted by molar-refractivity contribution is -0.137. The maximum Gasteiger partial charge on any atom is 0.416 e. The zero-order valence-electron chi connectivity index (χ0n) is 17.7. The Labute approximate surface area is 178 Å². The highest BCUT2D eigenvalue weighted by Crippen LogP contribution is 2.33. The van der Waals surface area contributed by atoms with Gasteiger partial charge in [-0.15, -0.1) is 0 Å². The average Bonchev–Trinajstić information content (AvgIpc) is 2.73. The molecule has 2 fully saturated rings. The van der Waals surface area contributed by atoms with E-state index in [1.807, 2.05) is 0 Å². The van der Waals surface area contributed by atoms with Gasteiger partial charge in [0.2, 0.25) is 10.0 Å². The summed E-state index contributed by atoms with van der Waals surface area (Å²) >= 11 is 0. The molecule has 4 nitrogen and oxygen atoms in total. The third-order valence-electron chi connectivity index (χ3n) is 6.67. The minimum atomic E-state index is -4.47. The number of hydrogen-bond donors (Lipinski definition) is 0. The lowest BCUT2D eigenvalue weighted by atomic mass is 9.80. The molecule has 0 atom stereocenters. The van der Waals surface area contributed by atoms with Crippen LogP contribution in [0, 0.1) is 11.8 Å². The van der Waals surface area contributed by atoms with Gasteiger partial charge in [-0.05, 0) is 81.3 Å². The number of rotatable bonds is 7. The summed E-state index contributed by atoms with van der Waals surface area (Å²) in [5.74, 6) is 1.28. The Morgan fingerprint density at radius 3 is 2.10 bits per heavy atom. The van der Waals surface area contributed by atoms with Crippen molar-refractivity contribution in [2.75, 3.05) is 33.2 Å². The molecular formula is C22H33F3N2O2S. The summed E-state index contributed by atoms with van der Waals surface area (Å²) in [5, 5.41) is 0. The molecule has 1 aliphatic heterocycles. The zero-order valence-corrected chi connectivity index (χ0v) is 18.5. The van der Waals surface area contributed by atoms with Crippen LogP contribution in [0.15, 0.2) is 29.2 Å². The third-order valence-corrected chi connectivity index (χ3v) is 8.54. The Hall–Kier alpha value is -1.12. The monoisotopic (exact) mass is 446 g/mol. The predicted octanol–water partition coefficient (Wildman–Crippen LogP) is 5.01. The number of piperidine rings is 1. The van der Waals surface area contributed by atoms with Gasteiger partial charge in [0.25, 0.3) is 0 Å². The van der Waals surface area contributed by atoms with E-state index < -0.39 is 21.8 Å². The SMILES string of the molecule is CN(CCC1CCC(CN2CCCCC2)CC1)S(=O)(=O)c1ccc(C(F)(F)F)cc1. The van der Waals surface area contributed by atoms with Gasteiger partial charge in [-0.25, -0.2) is 12.7 Å². The molecule has 170 valence electrons. The van der Waals surface area contributed by atoms with Crippen LogP contribution in [0.2, 0.25) is 0 Å². The number of sulfonamides is 1. The summed E-state index contributed by atoms with van der Waals surface area (Å²) in [6, 6.07) is 3.73. The number of halogens is 3. The molecule has 1 saturated heterocycles. The Bertz CT molecular complexity index is 767. The van der Waals surface area contributed by atoms with Gasteiger partial charge in [-0.3, -0.25) is 0 Å². The first-order chi connectivity index (χ1) is 14.2. The highest BCUT2D eigenvalue weighted by Gasteiger charge is 2.31. The number of likely N-dealkylation sites (tertiary alicyclic amines) is 1. The molecule has 0 radical (unpaired) electrons. The Morgan fingerprint density at radius 2 is 1.53 bits per heavy atom. The standard InChI is InChI=1S/C22H33F3N2O2S/c1-26(30(28,29)21-11-9-20(10-12-21)22(23,24)25)16-13-18-5-7-19(8-6-18)17-27-14-3-2-4-15-27/h9-12,18-19H,2-8,13-17H2,1H3.